The summed E-state index contributed by atoms with van der Waals surface area (Å²) in [7, 11) is 0. The van der Waals surface area contributed by atoms with E-state index >= 15 is 0 Å². The lowest BCUT2D eigenvalue weighted by Crippen LogP contribution is -1.89. The van der Waals surface area contributed by atoms with E-state index in [1.807, 2.05) is 0 Å². The van der Waals surface area contributed by atoms with Gasteiger partial charge in [0, 0.05) is 0 Å². The molecule has 1 aromatic heterocycles. The summed E-state index contributed by atoms with van der Waals surface area (Å²) in [5.74, 6) is -0.222. The molecule has 0 spiro atoms. The van der Waals surface area contributed by atoms with E-state index in [2.05, 4.69) is 15.0 Å². The van der Waals surface area contributed by atoms with Crippen LogP contribution in [0.3, 0.4) is 0 Å². The highest BCUT2D eigenvalue weighted by molar-refractivity contribution is 6.31. The molecular weight excluding hydrogens is 163 g/mol. The molecule has 1 aromatic rings. The van der Waals surface area contributed by atoms with Crippen molar-refractivity contribution in [2.45, 2.75) is 0 Å². The van der Waals surface area contributed by atoms with Crippen molar-refractivity contribution < 1.29 is 0 Å². The monoisotopic (exact) mass is 163 g/mol. The fourth-order valence-corrected chi connectivity index (χ4v) is 0.689. The summed E-state index contributed by atoms with van der Waals surface area (Å²) < 4.78 is 0. The van der Waals surface area contributed by atoms with Crippen molar-refractivity contribution in [1.82, 2.24) is 20.7 Å². The van der Waals surface area contributed by atoms with Gasteiger partial charge in [0.25, 0.3) is 0 Å². The first-order valence-corrected chi connectivity index (χ1v) is 2.73. The minimum absolute atomic E-state index is 0.0556. The number of rotatable bonds is 0. The van der Waals surface area contributed by atoms with Gasteiger partial charge in [-0.25, -0.2) is 0 Å². The van der Waals surface area contributed by atoms with Gasteiger partial charge in [-0.2, -0.15) is 15.0 Å². The zero-order chi connectivity index (χ0) is 6.85. The highest BCUT2D eigenvalue weighted by Crippen LogP contribution is 2.06. The largest absolute Gasteiger partial charge is 0.265 e. The fourth-order valence-electron chi connectivity index (χ4n) is 0.326. The lowest BCUT2D eigenvalue weighted by molar-refractivity contribution is 1.03. The van der Waals surface area contributed by atoms with Gasteiger partial charge in [0.05, 0.1) is 0 Å². The average Bonchev–Trinajstić information content (AvgIpc) is 1.59. The Bertz CT molecular complexity index is 175. The molecule has 1 rings (SSSR count). The van der Waals surface area contributed by atoms with Gasteiger partial charge < -0.3 is 0 Å². The van der Waals surface area contributed by atoms with Gasteiger partial charge in [-0.3, -0.25) is 5.73 Å². The molecule has 1 N–H and O–H groups in total. The Labute approximate surface area is 61.0 Å². The van der Waals surface area contributed by atoms with Gasteiger partial charge in [-0.05, 0) is 23.2 Å². The normalized spacial score (nSPS) is 9.56. The van der Waals surface area contributed by atoms with Crippen LogP contribution in [0.5, 0.6) is 0 Å². The van der Waals surface area contributed by atoms with E-state index in [4.69, 9.17) is 28.9 Å². The van der Waals surface area contributed by atoms with E-state index in [0.29, 0.717) is 0 Å². The highest BCUT2D eigenvalue weighted by Gasteiger charge is 1.97. The molecule has 0 aliphatic heterocycles. The Morgan fingerprint density at radius 2 is 1.44 bits per heavy atom. The molecule has 0 unspecified atom stereocenters. The summed E-state index contributed by atoms with van der Waals surface area (Å²) in [4.78, 5) is 10.1. The van der Waals surface area contributed by atoms with Crippen molar-refractivity contribution in [3.05, 3.63) is 10.6 Å². The van der Waals surface area contributed by atoms with Crippen LogP contribution in [0, 0.1) is 0 Å². The van der Waals surface area contributed by atoms with Crippen molar-refractivity contribution in [3.8, 4) is 0 Å². The summed E-state index contributed by atoms with van der Waals surface area (Å²) in [5, 5.41) is -0.111. The van der Waals surface area contributed by atoms with E-state index < -0.39 is 0 Å². The fraction of sp³-hybridized carbons (Fsp3) is 0. The smallest absolute Gasteiger partial charge is 0.247 e. The van der Waals surface area contributed by atoms with Crippen LogP contribution in [0.2, 0.25) is 10.6 Å². The molecule has 6 heteroatoms. The molecule has 0 aromatic carbocycles. The minimum Gasteiger partial charge on any atom is -0.265 e. The van der Waals surface area contributed by atoms with Crippen LogP contribution in [0.15, 0.2) is 0 Å². The Morgan fingerprint density at radius 3 is 1.78 bits per heavy atom. The second kappa shape index (κ2) is 2.33. The Morgan fingerprint density at radius 1 is 1.00 bits per heavy atom. The maximum Gasteiger partial charge on any atom is 0.247 e. The standard InChI is InChI=1S/C3HCl2N4/c4-1-7-2(5)9-3(6)8-1/h6H. The second-order valence-corrected chi connectivity index (χ2v) is 1.87. The first kappa shape index (κ1) is 6.51. The summed E-state index contributed by atoms with van der Waals surface area (Å²) in [6.07, 6.45) is 0. The Kier molecular flexibility index (Phi) is 1.68. The van der Waals surface area contributed by atoms with Crippen LogP contribution in [0.4, 0.5) is 5.95 Å². The number of nitrogens with one attached hydrogen (secondary N) is 1. The summed E-state index contributed by atoms with van der Waals surface area (Å²) in [5.41, 5.74) is 6.85. The third-order valence-corrected chi connectivity index (χ3v) is 0.919. The van der Waals surface area contributed by atoms with Gasteiger partial charge in [-0.1, -0.05) is 0 Å². The topological polar surface area (TPSA) is 62.5 Å². The maximum atomic E-state index is 6.85. The van der Waals surface area contributed by atoms with E-state index in [0.717, 1.165) is 0 Å². The van der Waals surface area contributed by atoms with Crippen LogP contribution in [0.1, 0.15) is 0 Å². The molecule has 47 valence electrons. The average molecular weight is 164 g/mol. The summed E-state index contributed by atoms with van der Waals surface area (Å²) >= 11 is 10.6. The summed E-state index contributed by atoms with van der Waals surface area (Å²) in [6, 6.07) is 0. The van der Waals surface area contributed by atoms with Gasteiger partial charge in [0.2, 0.25) is 16.5 Å². The van der Waals surface area contributed by atoms with Crippen molar-refractivity contribution in [1.29, 1.82) is 0 Å². The molecule has 0 bridgehead atoms. The zero-order valence-corrected chi connectivity index (χ0v) is 5.61. The predicted octanol–water partition coefficient (Wildman–Crippen LogP) is 1.09. The third-order valence-electron chi connectivity index (χ3n) is 0.581. The summed E-state index contributed by atoms with van der Waals surface area (Å²) in [6.45, 7) is 0. The molecule has 0 saturated carbocycles. The predicted molar refractivity (Wildman–Crippen MR) is 32.6 cm³/mol. The first-order chi connectivity index (χ1) is 4.18. The van der Waals surface area contributed by atoms with Crippen molar-refractivity contribution in [2.24, 2.45) is 0 Å². The van der Waals surface area contributed by atoms with E-state index in [1.165, 1.54) is 0 Å². The van der Waals surface area contributed by atoms with Crippen LogP contribution >= 0.6 is 23.2 Å². The van der Waals surface area contributed by atoms with Crippen molar-refractivity contribution in [2.75, 3.05) is 0 Å². The molecule has 0 aliphatic rings. The molecule has 0 aliphatic carbocycles. The van der Waals surface area contributed by atoms with Crippen molar-refractivity contribution in [3.63, 3.8) is 0 Å². The Balaban J connectivity index is 3.17. The molecule has 9 heavy (non-hydrogen) atoms. The van der Waals surface area contributed by atoms with Crippen molar-refractivity contribution >= 4 is 29.2 Å². The zero-order valence-electron chi connectivity index (χ0n) is 4.10. The third kappa shape index (κ3) is 1.65. The molecular formula is C3HCl2N4. The van der Waals surface area contributed by atoms with E-state index in [-0.39, 0.29) is 16.5 Å². The van der Waals surface area contributed by atoms with Crippen LogP contribution in [-0.4, -0.2) is 15.0 Å². The molecule has 4 nitrogen and oxygen atoms in total. The quantitative estimate of drug-likeness (QED) is 0.576. The molecule has 1 radical (unpaired) electrons. The number of hydrogen-bond acceptors (Lipinski definition) is 3. The van der Waals surface area contributed by atoms with Crippen LogP contribution in [0.25, 0.3) is 0 Å². The van der Waals surface area contributed by atoms with E-state index in [9.17, 15) is 0 Å². The van der Waals surface area contributed by atoms with Gasteiger partial charge in [0.15, 0.2) is 0 Å². The van der Waals surface area contributed by atoms with Crippen LogP contribution in [-0.2, 0) is 0 Å². The molecule has 0 amide bonds. The van der Waals surface area contributed by atoms with Crippen LogP contribution < -0.4 is 5.73 Å². The SMILES string of the molecule is [NH]c1nc(Cl)nc(Cl)n1. The van der Waals surface area contributed by atoms with Gasteiger partial charge in [-0.15, -0.1) is 0 Å². The number of hydrogen-bond donors (Lipinski definition) is 0. The van der Waals surface area contributed by atoms with Gasteiger partial charge >= 0.3 is 0 Å². The lowest BCUT2D eigenvalue weighted by Gasteiger charge is -1.89. The maximum absolute atomic E-state index is 6.85. The van der Waals surface area contributed by atoms with E-state index in [1.54, 1.807) is 0 Å². The highest BCUT2D eigenvalue weighted by atomic mass is 35.5. The molecule has 0 fully saturated rings. The molecule has 0 atom stereocenters. The number of halogens is 2. The first-order valence-electron chi connectivity index (χ1n) is 1.97. The molecule has 0 saturated heterocycles. The van der Waals surface area contributed by atoms with Gasteiger partial charge in [0.1, 0.15) is 0 Å². The molecule has 1 heterocycles. The number of aromatic nitrogens is 3. The minimum atomic E-state index is -0.222. The lowest BCUT2D eigenvalue weighted by atomic mass is 11.0. The Hall–Kier alpha value is -0.610. The number of nitrogens with zero attached hydrogens (tertiary/aromatic N) is 3. The second-order valence-electron chi connectivity index (χ2n) is 1.20.